The van der Waals surface area contributed by atoms with Crippen molar-refractivity contribution in [2.45, 2.75) is 12.1 Å². The van der Waals surface area contributed by atoms with E-state index in [1.165, 1.54) is 0 Å². The summed E-state index contributed by atoms with van der Waals surface area (Å²) in [6.45, 7) is 1.65. The van der Waals surface area contributed by atoms with E-state index < -0.39 is 0 Å². The standard InChI is InChI=1S/C6H14N2O.2ClH/c1-8(2)5-3-7-4-6(5)9;;/h5-7,9H,3-4H2,1-2H3;2*1H. The number of aliphatic hydroxyl groups is 1. The van der Waals surface area contributed by atoms with Crippen LogP contribution in [0.5, 0.6) is 0 Å². The molecule has 1 fully saturated rings. The first kappa shape index (κ1) is 14.0. The molecule has 1 heterocycles. The summed E-state index contributed by atoms with van der Waals surface area (Å²) in [5.41, 5.74) is 0. The fourth-order valence-corrected chi connectivity index (χ4v) is 1.18. The van der Waals surface area contributed by atoms with Gasteiger partial charge in [-0.05, 0) is 14.1 Å². The maximum Gasteiger partial charge on any atom is 0.0831 e. The lowest BCUT2D eigenvalue weighted by Gasteiger charge is -2.20. The van der Waals surface area contributed by atoms with Gasteiger partial charge in [-0.15, -0.1) is 24.8 Å². The van der Waals surface area contributed by atoms with E-state index in [2.05, 4.69) is 5.32 Å². The molecule has 1 aliphatic rings. The molecule has 5 heteroatoms. The minimum absolute atomic E-state index is 0. The molecule has 2 N–H and O–H groups in total. The van der Waals surface area contributed by atoms with Gasteiger partial charge < -0.3 is 15.3 Å². The van der Waals surface area contributed by atoms with Crippen LogP contribution in [0.15, 0.2) is 0 Å². The van der Waals surface area contributed by atoms with Crippen molar-refractivity contribution in [3.8, 4) is 0 Å². The van der Waals surface area contributed by atoms with E-state index in [1.807, 2.05) is 19.0 Å². The highest BCUT2D eigenvalue weighted by molar-refractivity contribution is 5.85. The van der Waals surface area contributed by atoms with Crippen molar-refractivity contribution in [3.63, 3.8) is 0 Å². The summed E-state index contributed by atoms with van der Waals surface area (Å²) in [4.78, 5) is 2.05. The van der Waals surface area contributed by atoms with Crippen molar-refractivity contribution in [2.24, 2.45) is 0 Å². The lowest BCUT2D eigenvalue weighted by atomic mass is 10.2. The van der Waals surface area contributed by atoms with Crippen LogP contribution >= 0.6 is 24.8 Å². The second-order valence-corrected chi connectivity index (χ2v) is 2.76. The second kappa shape index (κ2) is 6.03. The Morgan fingerprint density at radius 3 is 2.00 bits per heavy atom. The van der Waals surface area contributed by atoms with E-state index in [0.717, 1.165) is 13.1 Å². The number of nitrogens with one attached hydrogen (secondary N) is 1. The Kier molecular flexibility index (Phi) is 7.68. The Labute approximate surface area is 80.0 Å². The minimum Gasteiger partial charge on any atom is -0.390 e. The van der Waals surface area contributed by atoms with E-state index in [4.69, 9.17) is 0 Å². The fraction of sp³-hybridized carbons (Fsp3) is 1.00. The van der Waals surface area contributed by atoms with E-state index >= 15 is 0 Å². The molecule has 0 bridgehead atoms. The molecule has 2 atom stereocenters. The zero-order chi connectivity index (χ0) is 6.85. The van der Waals surface area contributed by atoms with Gasteiger partial charge in [0.05, 0.1) is 6.10 Å². The van der Waals surface area contributed by atoms with Gasteiger partial charge in [0.15, 0.2) is 0 Å². The Morgan fingerprint density at radius 2 is 1.82 bits per heavy atom. The topological polar surface area (TPSA) is 35.5 Å². The zero-order valence-electron chi connectivity index (χ0n) is 6.78. The van der Waals surface area contributed by atoms with Crippen molar-refractivity contribution >= 4 is 24.8 Å². The molecule has 0 saturated carbocycles. The molecule has 0 aromatic carbocycles. The predicted octanol–water partition coefficient (Wildman–Crippen LogP) is -0.276. The summed E-state index contributed by atoms with van der Waals surface area (Å²) in [6.07, 6.45) is -0.181. The predicted molar refractivity (Wildman–Crippen MR) is 50.8 cm³/mol. The third-order valence-electron chi connectivity index (χ3n) is 1.81. The highest BCUT2D eigenvalue weighted by Crippen LogP contribution is 2.03. The number of aliphatic hydroxyl groups excluding tert-OH is 1. The highest BCUT2D eigenvalue weighted by Gasteiger charge is 2.25. The number of rotatable bonds is 1. The molecule has 0 amide bonds. The average molecular weight is 203 g/mol. The van der Waals surface area contributed by atoms with Crippen LogP contribution in [0.4, 0.5) is 0 Å². The Morgan fingerprint density at radius 1 is 1.27 bits per heavy atom. The molecule has 1 aliphatic heterocycles. The summed E-state index contributed by atoms with van der Waals surface area (Å²) >= 11 is 0. The van der Waals surface area contributed by atoms with Crippen molar-refractivity contribution in [1.82, 2.24) is 10.2 Å². The molecule has 0 aromatic heterocycles. The van der Waals surface area contributed by atoms with Crippen LogP contribution in [0.25, 0.3) is 0 Å². The maximum absolute atomic E-state index is 9.26. The average Bonchev–Trinajstić information content (AvgIpc) is 2.13. The van der Waals surface area contributed by atoms with Crippen LogP contribution in [-0.4, -0.2) is 49.3 Å². The molecule has 70 valence electrons. The van der Waals surface area contributed by atoms with Gasteiger partial charge >= 0.3 is 0 Å². The Balaban J connectivity index is 0. The fourth-order valence-electron chi connectivity index (χ4n) is 1.18. The normalized spacial score (nSPS) is 29.5. The number of β-amino-alcohol motifs (C(OH)–C–C–N with tert-alkyl or cyclic N) is 1. The van der Waals surface area contributed by atoms with E-state index in [1.54, 1.807) is 0 Å². The number of halogens is 2. The van der Waals surface area contributed by atoms with Crippen LogP contribution in [0.1, 0.15) is 0 Å². The molecule has 1 rings (SSSR count). The van der Waals surface area contributed by atoms with E-state index in [-0.39, 0.29) is 30.9 Å². The molecule has 1 saturated heterocycles. The molecule has 0 aromatic rings. The maximum atomic E-state index is 9.26. The molecule has 0 radical (unpaired) electrons. The monoisotopic (exact) mass is 202 g/mol. The van der Waals surface area contributed by atoms with Crippen molar-refractivity contribution in [1.29, 1.82) is 0 Å². The second-order valence-electron chi connectivity index (χ2n) is 2.76. The van der Waals surface area contributed by atoms with Crippen LogP contribution in [-0.2, 0) is 0 Å². The number of likely N-dealkylation sites (N-methyl/N-ethyl adjacent to an activating group) is 1. The third kappa shape index (κ3) is 3.58. The first-order valence-corrected chi connectivity index (χ1v) is 3.27. The van der Waals surface area contributed by atoms with Crippen LogP contribution in [0.3, 0.4) is 0 Å². The first-order chi connectivity index (χ1) is 4.22. The summed E-state index contributed by atoms with van der Waals surface area (Å²) in [5.74, 6) is 0. The summed E-state index contributed by atoms with van der Waals surface area (Å²) in [7, 11) is 3.97. The quantitative estimate of drug-likeness (QED) is 0.615. The zero-order valence-corrected chi connectivity index (χ0v) is 8.41. The van der Waals surface area contributed by atoms with Crippen molar-refractivity contribution in [2.75, 3.05) is 27.2 Å². The van der Waals surface area contributed by atoms with E-state index in [9.17, 15) is 5.11 Å². The van der Waals surface area contributed by atoms with Crippen LogP contribution in [0, 0.1) is 0 Å². The van der Waals surface area contributed by atoms with Crippen molar-refractivity contribution < 1.29 is 5.11 Å². The summed E-state index contributed by atoms with van der Waals surface area (Å²) < 4.78 is 0. The van der Waals surface area contributed by atoms with Crippen molar-refractivity contribution in [3.05, 3.63) is 0 Å². The van der Waals surface area contributed by atoms with Gasteiger partial charge in [0.25, 0.3) is 0 Å². The number of nitrogens with zero attached hydrogens (tertiary/aromatic N) is 1. The smallest absolute Gasteiger partial charge is 0.0831 e. The Hall–Kier alpha value is 0.460. The molecule has 3 nitrogen and oxygen atoms in total. The van der Waals surface area contributed by atoms with Gasteiger partial charge in [0.2, 0.25) is 0 Å². The van der Waals surface area contributed by atoms with Crippen LogP contribution in [0.2, 0.25) is 0 Å². The summed E-state index contributed by atoms with van der Waals surface area (Å²) in [5, 5.41) is 12.4. The third-order valence-corrected chi connectivity index (χ3v) is 1.81. The molecule has 0 spiro atoms. The largest absolute Gasteiger partial charge is 0.390 e. The van der Waals surface area contributed by atoms with E-state index in [0.29, 0.717) is 6.04 Å². The van der Waals surface area contributed by atoms with Gasteiger partial charge in [0.1, 0.15) is 0 Å². The SMILES string of the molecule is CN(C)C1CNCC1O.Cl.Cl. The van der Waals surface area contributed by atoms with Crippen LogP contribution < -0.4 is 5.32 Å². The lowest BCUT2D eigenvalue weighted by molar-refractivity contribution is 0.114. The van der Waals surface area contributed by atoms with Gasteiger partial charge in [0, 0.05) is 19.1 Å². The van der Waals surface area contributed by atoms with Gasteiger partial charge in [-0.1, -0.05) is 0 Å². The molecule has 0 aliphatic carbocycles. The number of hydrogen-bond donors (Lipinski definition) is 2. The Bertz CT molecular complexity index is 103. The molecular formula is C6H16Cl2N2O. The molecule has 11 heavy (non-hydrogen) atoms. The lowest BCUT2D eigenvalue weighted by Crippen LogP contribution is -2.37. The summed E-state index contributed by atoms with van der Waals surface area (Å²) in [6, 6.07) is 0.310. The molecule has 2 unspecified atom stereocenters. The van der Waals surface area contributed by atoms with Gasteiger partial charge in [-0.2, -0.15) is 0 Å². The minimum atomic E-state index is -0.181. The highest BCUT2D eigenvalue weighted by atomic mass is 35.5. The molecular weight excluding hydrogens is 187 g/mol. The van der Waals surface area contributed by atoms with Gasteiger partial charge in [-0.25, -0.2) is 0 Å². The van der Waals surface area contributed by atoms with Gasteiger partial charge in [-0.3, -0.25) is 0 Å². The first-order valence-electron chi connectivity index (χ1n) is 3.27. The number of hydrogen-bond acceptors (Lipinski definition) is 3.